The summed E-state index contributed by atoms with van der Waals surface area (Å²) < 4.78 is 5.74. The number of nitrogens with one attached hydrogen (secondary N) is 3. The summed E-state index contributed by atoms with van der Waals surface area (Å²) in [7, 11) is 0. The fraction of sp³-hybridized carbons (Fsp3) is 0.286. The van der Waals surface area contributed by atoms with E-state index >= 15 is 0 Å². The van der Waals surface area contributed by atoms with Crippen molar-refractivity contribution in [3.05, 3.63) is 65.7 Å². The maximum atomic E-state index is 12.2. The first-order valence-electron chi connectivity index (χ1n) is 9.48. The second-order valence-electron chi connectivity index (χ2n) is 6.74. The third-order valence-electron chi connectivity index (χ3n) is 4.30. The Labute approximate surface area is 175 Å². The van der Waals surface area contributed by atoms with Crippen LogP contribution in [0.2, 0.25) is 0 Å². The van der Waals surface area contributed by atoms with Crippen molar-refractivity contribution in [3.8, 4) is 5.75 Å². The highest BCUT2D eigenvalue weighted by atomic mass is 16.5. The molecule has 2 atom stereocenters. The average Bonchev–Trinajstić information content (AvgIpc) is 2.77. The van der Waals surface area contributed by atoms with Crippen LogP contribution in [0.1, 0.15) is 18.1 Å². The molecular formula is C21H27N5O4. The van der Waals surface area contributed by atoms with Crippen LogP contribution in [0.4, 0.5) is 0 Å². The molecule has 7 N–H and O–H groups in total. The minimum absolute atomic E-state index is 0.277. The van der Waals surface area contributed by atoms with Crippen molar-refractivity contribution < 1.29 is 19.1 Å². The van der Waals surface area contributed by atoms with Crippen LogP contribution in [0.5, 0.6) is 5.75 Å². The quantitative estimate of drug-likeness (QED) is 0.206. The van der Waals surface area contributed by atoms with Crippen molar-refractivity contribution in [1.29, 1.82) is 0 Å². The zero-order chi connectivity index (χ0) is 21.9. The third-order valence-corrected chi connectivity index (χ3v) is 4.30. The highest BCUT2D eigenvalue weighted by Gasteiger charge is 2.20. The van der Waals surface area contributed by atoms with Crippen molar-refractivity contribution in [3.63, 3.8) is 0 Å². The highest BCUT2D eigenvalue weighted by molar-refractivity contribution is 5.91. The second kappa shape index (κ2) is 11.5. The molecule has 160 valence electrons. The Bertz CT molecular complexity index is 842. The summed E-state index contributed by atoms with van der Waals surface area (Å²) in [6.45, 7) is 1.69. The summed E-state index contributed by atoms with van der Waals surface area (Å²) in [5.41, 5.74) is 9.79. The zero-order valence-corrected chi connectivity index (χ0v) is 16.8. The number of carbonyl (C=O) groups excluding carboxylic acids is 3. The third kappa shape index (κ3) is 7.53. The monoisotopic (exact) mass is 413 g/mol. The van der Waals surface area contributed by atoms with E-state index in [9.17, 15) is 14.4 Å². The van der Waals surface area contributed by atoms with E-state index in [0.29, 0.717) is 18.8 Å². The summed E-state index contributed by atoms with van der Waals surface area (Å²) >= 11 is 0. The number of carbonyl (C=O) groups is 3. The largest absolute Gasteiger partial charge is 0.489 e. The number of benzene rings is 2. The Balaban J connectivity index is 1.78. The molecule has 2 aromatic rings. The normalized spacial score (nSPS) is 12.4. The fourth-order valence-corrected chi connectivity index (χ4v) is 2.57. The number of hydrogen-bond acceptors (Lipinski definition) is 6. The van der Waals surface area contributed by atoms with Gasteiger partial charge >= 0.3 is 0 Å². The molecule has 0 fully saturated rings. The van der Waals surface area contributed by atoms with E-state index < -0.39 is 29.8 Å². The van der Waals surface area contributed by atoms with Crippen molar-refractivity contribution in [2.24, 2.45) is 11.6 Å². The first kappa shape index (κ1) is 22.9. The number of nitrogens with two attached hydrogens (primary N) is 2. The minimum atomic E-state index is -0.845. The van der Waals surface area contributed by atoms with Crippen LogP contribution < -0.4 is 32.4 Å². The lowest BCUT2D eigenvalue weighted by Gasteiger charge is -2.17. The maximum Gasteiger partial charge on any atom is 0.253 e. The van der Waals surface area contributed by atoms with Crippen molar-refractivity contribution in [1.82, 2.24) is 16.1 Å². The number of ether oxygens (including phenoxy) is 1. The molecule has 2 rings (SSSR count). The van der Waals surface area contributed by atoms with E-state index in [-0.39, 0.29) is 6.54 Å². The van der Waals surface area contributed by atoms with Crippen LogP contribution in [-0.4, -0.2) is 36.3 Å². The van der Waals surface area contributed by atoms with E-state index in [1.165, 1.54) is 6.92 Å². The molecule has 0 aromatic heterocycles. The van der Waals surface area contributed by atoms with Gasteiger partial charge in [0.05, 0.1) is 12.6 Å². The smallest absolute Gasteiger partial charge is 0.253 e. The molecule has 0 aliphatic heterocycles. The van der Waals surface area contributed by atoms with Gasteiger partial charge in [0.25, 0.3) is 5.91 Å². The van der Waals surface area contributed by atoms with Crippen molar-refractivity contribution >= 4 is 17.7 Å². The molecule has 0 bridgehead atoms. The van der Waals surface area contributed by atoms with Gasteiger partial charge in [0.2, 0.25) is 11.8 Å². The predicted molar refractivity (Wildman–Crippen MR) is 112 cm³/mol. The van der Waals surface area contributed by atoms with Crippen molar-refractivity contribution in [2.75, 3.05) is 6.54 Å². The van der Waals surface area contributed by atoms with Gasteiger partial charge in [0.15, 0.2) is 0 Å². The molecule has 0 spiro atoms. The molecule has 0 aliphatic rings. The molecule has 0 saturated heterocycles. The average molecular weight is 413 g/mol. The predicted octanol–water partition coefficient (Wildman–Crippen LogP) is -0.254. The van der Waals surface area contributed by atoms with Crippen LogP contribution in [0, 0.1) is 0 Å². The molecule has 0 heterocycles. The van der Waals surface area contributed by atoms with Gasteiger partial charge in [0, 0.05) is 0 Å². The molecular weight excluding hydrogens is 386 g/mol. The minimum Gasteiger partial charge on any atom is -0.489 e. The van der Waals surface area contributed by atoms with Gasteiger partial charge in [0.1, 0.15) is 18.4 Å². The lowest BCUT2D eigenvalue weighted by atomic mass is 10.1. The van der Waals surface area contributed by atoms with Crippen LogP contribution in [0.3, 0.4) is 0 Å². The number of rotatable bonds is 10. The Hall–Kier alpha value is -3.43. The molecule has 30 heavy (non-hydrogen) atoms. The molecule has 2 unspecified atom stereocenters. The highest BCUT2D eigenvalue weighted by Crippen LogP contribution is 2.15. The molecule has 2 aromatic carbocycles. The van der Waals surface area contributed by atoms with E-state index in [0.717, 1.165) is 11.1 Å². The summed E-state index contributed by atoms with van der Waals surface area (Å²) in [6, 6.07) is 15.5. The lowest BCUT2D eigenvalue weighted by molar-refractivity contribution is -0.130. The van der Waals surface area contributed by atoms with E-state index in [2.05, 4.69) is 10.6 Å². The summed E-state index contributed by atoms with van der Waals surface area (Å²) in [5.74, 6) is 4.12. The standard InChI is InChI=1S/C21H27N5O4/c1-14(20(28)24-12-19(27)26-23)25-21(29)18(22)11-15-7-9-17(10-8-15)30-13-16-5-3-2-4-6-16/h2-10,14,18H,11-13,22-23H2,1H3,(H,24,28)(H,25,29)(H,26,27). The second-order valence-corrected chi connectivity index (χ2v) is 6.74. The number of hydrogen-bond donors (Lipinski definition) is 5. The molecule has 3 amide bonds. The number of amides is 3. The van der Waals surface area contributed by atoms with Crippen LogP contribution in [-0.2, 0) is 27.4 Å². The van der Waals surface area contributed by atoms with Gasteiger partial charge in [-0.2, -0.15) is 0 Å². The summed E-state index contributed by atoms with van der Waals surface area (Å²) in [4.78, 5) is 35.2. The topological polar surface area (TPSA) is 149 Å². The van der Waals surface area contributed by atoms with Crippen molar-refractivity contribution in [2.45, 2.75) is 32.0 Å². The first-order valence-corrected chi connectivity index (χ1v) is 9.48. The van der Waals surface area contributed by atoms with Crippen LogP contribution >= 0.6 is 0 Å². The van der Waals surface area contributed by atoms with E-state index in [4.69, 9.17) is 16.3 Å². The van der Waals surface area contributed by atoms with Crippen LogP contribution in [0.25, 0.3) is 0 Å². The van der Waals surface area contributed by atoms with E-state index in [1.54, 1.807) is 0 Å². The lowest BCUT2D eigenvalue weighted by Crippen LogP contribution is -2.52. The number of hydrazine groups is 1. The van der Waals surface area contributed by atoms with Gasteiger partial charge in [-0.25, -0.2) is 5.84 Å². The summed E-state index contributed by atoms with van der Waals surface area (Å²) in [6.07, 6.45) is 0.300. The van der Waals surface area contributed by atoms with E-state index in [1.807, 2.05) is 60.0 Å². The SMILES string of the molecule is CC(NC(=O)C(N)Cc1ccc(OCc2ccccc2)cc1)C(=O)NCC(=O)NN. The molecule has 0 radical (unpaired) electrons. The molecule has 9 heteroatoms. The Kier molecular flexibility index (Phi) is 8.79. The fourth-order valence-electron chi connectivity index (χ4n) is 2.57. The molecule has 0 aliphatic carbocycles. The zero-order valence-electron chi connectivity index (χ0n) is 16.8. The summed E-state index contributed by atoms with van der Waals surface area (Å²) in [5, 5.41) is 4.88. The van der Waals surface area contributed by atoms with Crippen LogP contribution in [0.15, 0.2) is 54.6 Å². The molecule has 9 nitrogen and oxygen atoms in total. The van der Waals surface area contributed by atoms with Gasteiger partial charge in [-0.05, 0) is 36.6 Å². The first-order chi connectivity index (χ1) is 14.4. The van der Waals surface area contributed by atoms with Gasteiger partial charge < -0.3 is 21.1 Å². The Morgan fingerprint density at radius 2 is 1.63 bits per heavy atom. The van der Waals surface area contributed by atoms with Gasteiger partial charge in [-0.1, -0.05) is 42.5 Å². The molecule has 0 saturated carbocycles. The van der Waals surface area contributed by atoms with Gasteiger partial charge in [-0.3, -0.25) is 19.8 Å². The Morgan fingerprint density at radius 3 is 2.27 bits per heavy atom. The Morgan fingerprint density at radius 1 is 0.967 bits per heavy atom. The maximum absolute atomic E-state index is 12.2. The van der Waals surface area contributed by atoms with Gasteiger partial charge in [-0.15, -0.1) is 0 Å².